The molecule has 3 nitrogen and oxygen atoms in total. The van der Waals surface area contributed by atoms with Crippen molar-refractivity contribution in [3.63, 3.8) is 0 Å². The van der Waals surface area contributed by atoms with Crippen LogP contribution in [-0.2, 0) is 19.4 Å². The van der Waals surface area contributed by atoms with Crippen LogP contribution in [0.1, 0.15) is 28.5 Å². The van der Waals surface area contributed by atoms with Gasteiger partial charge in [-0.3, -0.25) is 0 Å². The van der Waals surface area contributed by atoms with Gasteiger partial charge in [0.1, 0.15) is 5.82 Å². The molecular formula is C16H21N3S. The zero-order valence-electron chi connectivity index (χ0n) is 12.1. The van der Waals surface area contributed by atoms with Crippen LogP contribution in [0.25, 0.3) is 0 Å². The van der Waals surface area contributed by atoms with Crippen LogP contribution in [-0.4, -0.2) is 17.6 Å². The summed E-state index contributed by atoms with van der Waals surface area (Å²) >= 11 is 1.88. The Hall–Kier alpha value is -1.39. The summed E-state index contributed by atoms with van der Waals surface area (Å²) in [6.07, 6.45) is 4.01. The zero-order valence-corrected chi connectivity index (χ0v) is 12.9. The number of aromatic nitrogens is 1. The van der Waals surface area contributed by atoms with Gasteiger partial charge in [0, 0.05) is 30.2 Å². The average molecular weight is 287 g/mol. The molecule has 20 heavy (non-hydrogen) atoms. The van der Waals surface area contributed by atoms with E-state index in [1.165, 1.54) is 21.6 Å². The zero-order chi connectivity index (χ0) is 14.1. The molecule has 0 saturated heterocycles. The number of fused-ring (bicyclic) bond motifs is 1. The quantitative estimate of drug-likeness (QED) is 0.944. The van der Waals surface area contributed by atoms with Gasteiger partial charge in [0.25, 0.3) is 0 Å². The van der Waals surface area contributed by atoms with E-state index in [0.717, 1.165) is 31.7 Å². The highest BCUT2D eigenvalue weighted by Crippen LogP contribution is 2.28. The van der Waals surface area contributed by atoms with Crippen molar-refractivity contribution in [2.45, 2.75) is 39.3 Å². The Bertz CT molecular complexity index is 604. The van der Waals surface area contributed by atoms with Crippen molar-refractivity contribution in [1.82, 2.24) is 4.98 Å². The largest absolute Gasteiger partial charge is 0.352 e. The molecular weight excluding hydrogens is 266 g/mol. The van der Waals surface area contributed by atoms with E-state index in [1.54, 1.807) is 0 Å². The molecule has 2 N–H and O–H groups in total. The molecule has 1 aliphatic rings. The highest BCUT2D eigenvalue weighted by atomic mass is 32.1. The van der Waals surface area contributed by atoms with Crippen LogP contribution in [0, 0.1) is 6.92 Å². The fraction of sp³-hybridized carbons (Fsp3) is 0.438. The highest BCUT2D eigenvalue weighted by molar-refractivity contribution is 7.10. The maximum atomic E-state index is 5.86. The number of anilines is 1. The predicted molar refractivity (Wildman–Crippen MR) is 85.4 cm³/mol. The third-order valence-electron chi connectivity index (χ3n) is 3.77. The maximum Gasteiger partial charge on any atom is 0.131 e. The molecule has 4 heteroatoms. The van der Waals surface area contributed by atoms with Crippen LogP contribution in [0.3, 0.4) is 0 Å². The summed E-state index contributed by atoms with van der Waals surface area (Å²) in [6, 6.07) is 4.66. The van der Waals surface area contributed by atoms with E-state index < -0.39 is 0 Å². The lowest BCUT2D eigenvalue weighted by atomic mass is 10.1. The van der Waals surface area contributed by atoms with Gasteiger partial charge in [0.05, 0.1) is 0 Å². The van der Waals surface area contributed by atoms with Crippen molar-refractivity contribution in [3.05, 3.63) is 45.3 Å². The van der Waals surface area contributed by atoms with Crippen LogP contribution < -0.4 is 10.6 Å². The Morgan fingerprint density at radius 3 is 3.10 bits per heavy atom. The first-order valence-electron chi connectivity index (χ1n) is 7.15. The Morgan fingerprint density at radius 1 is 1.50 bits per heavy atom. The van der Waals surface area contributed by atoms with Crippen LogP contribution in [0.15, 0.2) is 23.7 Å². The molecule has 0 aliphatic carbocycles. The second-order valence-electron chi connectivity index (χ2n) is 5.71. The Morgan fingerprint density at radius 2 is 2.35 bits per heavy atom. The van der Waals surface area contributed by atoms with E-state index in [-0.39, 0.29) is 6.04 Å². The summed E-state index contributed by atoms with van der Waals surface area (Å²) in [4.78, 5) is 8.61. The molecule has 106 valence electrons. The van der Waals surface area contributed by atoms with Crippen LogP contribution in [0.4, 0.5) is 5.82 Å². The van der Waals surface area contributed by atoms with Gasteiger partial charge >= 0.3 is 0 Å². The van der Waals surface area contributed by atoms with Crippen molar-refractivity contribution >= 4 is 17.2 Å². The van der Waals surface area contributed by atoms with Crippen LogP contribution >= 0.6 is 11.3 Å². The molecule has 0 amide bonds. The molecule has 1 atom stereocenters. The number of nitrogens with two attached hydrogens (primary N) is 1. The molecule has 0 aromatic carbocycles. The van der Waals surface area contributed by atoms with E-state index in [0.29, 0.717) is 0 Å². The third kappa shape index (κ3) is 2.72. The topological polar surface area (TPSA) is 42.1 Å². The summed E-state index contributed by atoms with van der Waals surface area (Å²) in [7, 11) is 0. The Kier molecular flexibility index (Phi) is 3.76. The normalized spacial score (nSPS) is 16.1. The fourth-order valence-corrected chi connectivity index (χ4v) is 3.76. The minimum absolute atomic E-state index is 0.186. The van der Waals surface area contributed by atoms with Gasteiger partial charge in [-0.05, 0) is 54.8 Å². The van der Waals surface area contributed by atoms with Gasteiger partial charge in [-0.1, -0.05) is 6.07 Å². The number of pyridine rings is 1. The molecule has 3 rings (SSSR count). The SMILES string of the molecule is Cc1cc(CC(C)N)cnc1N1CCc2sccc2C1. The van der Waals surface area contributed by atoms with E-state index in [1.807, 2.05) is 24.5 Å². The van der Waals surface area contributed by atoms with E-state index >= 15 is 0 Å². The third-order valence-corrected chi connectivity index (χ3v) is 4.80. The van der Waals surface area contributed by atoms with Crippen molar-refractivity contribution in [2.24, 2.45) is 5.73 Å². The molecule has 0 spiro atoms. The van der Waals surface area contributed by atoms with Gasteiger partial charge in [0.2, 0.25) is 0 Å². The van der Waals surface area contributed by atoms with Crippen LogP contribution in [0.5, 0.6) is 0 Å². The maximum absolute atomic E-state index is 5.86. The smallest absolute Gasteiger partial charge is 0.131 e. The number of hydrogen-bond donors (Lipinski definition) is 1. The Balaban J connectivity index is 1.81. The van der Waals surface area contributed by atoms with E-state index in [9.17, 15) is 0 Å². The first kappa shape index (κ1) is 13.6. The average Bonchev–Trinajstić information content (AvgIpc) is 2.85. The molecule has 2 aromatic rings. The number of rotatable bonds is 3. The predicted octanol–water partition coefficient (Wildman–Crippen LogP) is 2.90. The summed E-state index contributed by atoms with van der Waals surface area (Å²) in [5.41, 5.74) is 9.80. The molecule has 3 heterocycles. The van der Waals surface area contributed by atoms with Gasteiger partial charge in [0.15, 0.2) is 0 Å². The first-order chi connectivity index (χ1) is 9.63. The number of thiophene rings is 1. The second kappa shape index (κ2) is 5.54. The molecule has 0 saturated carbocycles. The number of nitrogens with zero attached hydrogens (tertiary/aromatic N) is 2. The van der Waals surface area contributed by atoms with Crippen molar-refractivity contribution in [2.75, 3.05) is 11.4 Å². The minimum Gasteiger partial charge on any atom is -0.352 e. The molecule has 0 fully saturated rings. The van der Waals surface area contributed by atoms with Gasteiger partial charge in [-0.15, -0.1) is 11.3 Å². The Labute approximate surface area is 124 Å². The lowest BCUT2D eigenvalue weighted by Crippen LogP contribution is -2.30. The van der Waals surface area contributed by atoms with Crippen molar-refractivity contribution in [1.29, 1.82) is 0 Å². The standard InChI is InChI=1S/C16H21N3S/c1-11-7-13(8-12(2)17)9-18-16(11)19-5-3-15-14(10-19)4-6-20-15/h4,6-7,9,12H,3,5,8,10,17H2,1-2H3. The van der Waals surface area contributed by atoms with Crippen LogP contribution in [0.2, 0.25) is 0 Å². The summed E-state index contributed by atoms with van der Waals surface area (Å²) < 4.78 is 0. The lowest BCUT2D eigenvalue weighted by Gasteiger charge is -2.29. The minimum atomic E-state index is 0.186. The van der Waals surface area contributed by atoms with Gasteiger partial charge in [-0.2, -0.15) is 0 Å². The summed E-state index contributed by atoms with van der Waals surface area (Å²) in [5.74, 6) is 1.12. The molecule has 2 aromatic heterocycles. The lowest BCUT2D eigenvalue weighted by molar-refractivity contribution is 0.719. The van der Waals surface area contributed by atoms with Crippen molar-refractivity contribution < 1.29 is 0 Å². The fourth-order valence-electron chi connectivity index (χ4n) is 2.87. The van der Waals surface area contributed by atoms with Gasteiger partial charge < -0.3 is 10.6 Å². The monoisotopic (exact) mass is 287 g/mol. The summed E-state index contributed by atoms with van der Waals surface area (Å²) in [5, 5.41) is 2.19. The summed E-state index contributed by atoms with van der Waals surface area (Å²) in [6.45, 7) is 6.23. The molecule has 1 aliphatic heterocycles. The number of hydrogen-bond acceptors (Lipinski definition) is 4. The van der Waals surface area contributed by atoms with Crippen molar-refractivity contribution in [3.8, 4) is 0 Å². The molecule has 0 radical (unpaired) electrons. The van der Waals surface area contributed by atoms with E-state index in [4.69, 9.17) is 5.73 Å². The second-order valence-corrected chi connectivity index (χ2v) is 6.71. The number of aryl methyl sites for hydroxylation is 1. The first-order valence-corrected chi connectivity index (χ1v) is 8.02. The van der Waals surface area contributed by atoms with Gasteiger partial charge in [-0.25, -0.2) is 4.98 Å². The highest BCUT2D eigenvalue weighted by Gasteiger charge is 2.19. The molecule has 0 bridgehead atoms. The molecule has 1 unspecified atom stereocenters. The van der Waals surface area contributed by atoms with E-state index in [2.05, 4.69) is 34.3 Å².